The number of hydrogen-bond donors (Lipinski definition) is 1. The molecular weight excluding hydrogens is 256 g/mol. The van der Waals surface area contributed by atoms with Crippen LogP contribution in [0.2, 0.25) is 0 Å². The van der Waals surface area contributed by atoms with Gasteiger partial charge in [0, 0.05) is 6.07 Å². The van der Waals surface area contributed by atoms with Crippen molar-refractivity contribution in [1.82, 2.24) is 0 Å². The largest absolute Gasteiger partial charge is 0.497 e. The molecule has 4 heteroatoms. The smallest absolute Gasteiger partial charge is 0.195 e. The Morgan fingerprint density at radius 1 is 1.20 bits per heavy atom. The maximum Gasteiger partial charge on any atom is 0.195 e. The molecule has 0 saturated heterocycles. The average Bonchev–Trinajstić information content (AvgIpc) is 2.53. The first-order valence-electron chi connectivity index (χ1n) is 7.11. The molecule has 0 aromatic heterocycles. The zero-order chi connectivity index (χ0) is 14.5. The van der Waals surface area contributed by atoms with Gasteiger partial charge >= 0.3 is 0 Å². The molecule has 1 saturated carbocycles. The number of carbonyl (C=O) groups excluding carboxylic acids is 1. The van der Waals surface area contributed by atoms with Crippen molar-refractivity contribution in [2.24, 2.45) is 5.92 Å². The highest BCUT2D eigenvalue weighted by Crippen LogP contribution is 2.31. The Bertz CT molecular complexity index is 464. The molecular formula is C16H22O4. The first-order valence-corrected chi connectivity index (χ1v) is 7.11. The van der Waals surface area contributed by atoms with Gasteiger partial charge in [-0.15, -0.1) is 0 Å². The minimum atomic E-state index is -0.933. The predicted octanol–water partition coefficient (Wildman–Crippen LogP) is 2.83. The molecule has 2 rings (SSSR count). The van der Waals surface area contributed by atoms with E-state index in [1.165, 1.54) is 13.5 Å². The summed E-state index contributed by atoms with van der Waals surface area (Å²) in [6.45, 7) is 0. The zero-order valence-electron chi connectivity index (χ0n) is 12.1. The van der Waals surface area contributed by atoms with E-state index in [9.17, 15) is 9.90 Å². The van der Waals surface area contributed by atoms with E-state index in [-0.39, 0.29) is 11.7 Å². The molecule has 20 heavy (non-hydrogen) atoms. The lowest BCUT2D eigenvalue weighted by Gasteiger charge is -2.26. The van der Waals surface area contributed by atoms with Crippen LogP contribution in [0.1, 0.15) is 42.5 Å². The van der Waals surface area contributed by atoms with Crippen molar-refractivity contribution >= 4 is 5.78 Å². The molecule has 0 aliphatic heterocycles. The number of benzene rings is 1. The summed E-state index contributed by atoms with van der Waals surface area (Å²) in [5, 5.41) is 10.3. The molecule has 0 heterocycles. The predicted molar refractivity (Wildman–Crippen MR) is 76.5 cm³/mol. The Balaban J connectivity index is 2.19. The fraction of sp³-hybridized carbons (Fsp3) is 0.562. The molecule has 0 bridgehead atoms. The third-order valence-corrected chi connectivity index (χ3v) is 4.04. The Hall–Kier alpha value is -1.55. The number of ether oxygens (including phenoxy) is 2. The highest BCUT2D eigenvalue weighted by atomic mass is 16.5. The van der Waals surface area contributed by atoms with Crippen LogP contribution in [0.15, 0.2) is 18.2 Å². The van der Waals surface area contributed by atoms with Gasteiger partial charge in [0.05, 0.1) is 19.8 Å². The number of hydrogen-bond acceptors (Lipinski definition) is 4. The summed E-state index contributed by atoms with van der Waals surface area (Å²) in [5.41, 5.74) is 0.423. The second-order valence-electron chi connectivity index (χ2n) is 5.27. The van der Waals surface area contributed by atoms with E-state index < -0.39 is 6.10 Å². The Labute approximate surface area is 119 Å². The fourth-order valence-corrected chi connectivity index (χ4v) is 2.83. The quantitative estimate of drug-likeness (QED) is 0.841. The van der Waals surface area contributed by atoms with Crippen molar-refractivity contribution in [3.63, 3.8) is 0 Å². The van der Waals surface area contributed by atoms with Gasteiger partial charge in [-0.2, -0.15) is 0 Å². The van der Waals surface area contributed by atoms with Gasteiger partial charge in [-0.25, -0.2) is 0 Å². The molecule has 1 aliphatic rings. The van der Waals surface area contributed by atoms with Crippen LogP contribution < -0.4 is 9.47 Å². The van der Waals surface area contributed by atoms with Crippen LogP contribution in [0, 0.1) is 5.92 Å². The number of methoxy groups -OCH3 is 2. The Kier molecular flexibility index (Phi) is 5.01. The van der Waals surface area contributed by atoms with Crippen LogP contribution in [0.4, 0.5) is 0 Å². The third-order valence-electron chi connectivity index (χ3n) is 4.04. The van der Waals surface area contributed by atoms with E-state index in [1.807, 2.05) is 0 Å². The highest BCUT2D eigenvalue weighted by Gasteiger charge is 2.29. The molecule has 110 valence electrons. The fourth-order valence-electron chi connectivity index (χ4n) is 2.83. The molecule has 0 amide bonds. The lowest BCUT2D eigenvalue weighted by Crippen LogP contribution is -2.31. The zero-order valence-corrected chi connectivity index (χ0v) is 12.1. The van der Waals surface area contributed by atoms with Crippen LogP contribution in [0.5, 0.6) is 11.5 Å². The normalized spacial score (nSPS) is 17.6. The molecule has 1 N–H and O–H groups in total. The number of ketones is 1. The van der Waals surface area contributed by atoms with Crippen LogP contribution in [-0.2, 0) is 0 Å². The summed E-state index contributed by atoms with van der Waals surface area (Å²) in [6, 6.07) is 5.04. The van der Waals surface area contributed by atoms with Gasteiger partial charge in [0.1, 0.15) is 17.6 Å². The first kappa shape index (κ1) is 14.9. The van der Waals surface area contributed by atoms with Crippen molar-refractivity contribution < 1.29 is 19.4 Å². The van der Waals surface area contributed by atoms with E-state index in [2.05, 4.69) is 0 Å². The van der Waals surface area contributed by atoms with Gasteiger partial charge in [0.15, 0.2) is 5.78 Å². The van der Waals surface area contributed by atoms with Gasteiger partial charge in [-0.05, 0) is 30.9 Å². The summed E-state index contributed by atoms with van der Waals surface area (Å²) in [5.74, 6) is 0.897. The number of aliphatic hydroxyl groups is 1. The minimum Gasteiger partial charge on any atom is -0.497 e. The number of aliphatic hydroxyl groups excluding tert-OH is 1. The maximum atomic E-state index is 12.5. The van der Waals surface area contributed by atoms with Crippen molar-refractivity contribution in [3.8, 4) is 11.5 Å². The van der Waals surface area contributed by atoms with E-state index >= 15 is 0 Å². The summed E-state index contributed by atoms with van der Waals surface area (Å²) in [7, 11) is 3.08. The third kappa shape index (κ3) is 3.12. The molecule has 1 unspecified atom stereocenters. The SMILES string of the molecule is COc1ccc(C(=O)C(O)C2CCCCC2)c(OC)c1. The molecule has 0 spiro atoms. The lowest BCUT2D eigenvalue weighted by atomic mass is 9.82. The van der Waals surface area contributed by atoms with Crippen LogP contribution in [0.25, 0.3) is 0 Å². The standard InChI is InChI=1S/C16H22O4/c1-19-12-8-9-13(14(10-12)20-2)16(18)15(17)11-6-4-3-5-7-11/h8-11,15,17H,3-7H2,1-2H3. The molecule has 1 aliphatic carbocycles. The molecule has 4 nitrogen and oxygen atoms in total. The highest BCUT2D eigenvalue weighted by molar-refractivity contribution is 6.02. The van der Waals surface area contributed by atoms with Gasteiger partial charge in [-0.3, -0.25) is 4.79 Å². The average molecular weight is 278 g/mol. The maximum absolute atomic E-state index is 12.5. The number of rotatable bonds is 5. The van der Waals surface area contributed by atoms with Crippen molar-refractivity contribution in [1.29, 1.82) is 0 Å². The van der Waals surface area contributed by atoms with E-state index in [4.69, 9.17) is 9.47 Å². The first-order chi connectivity index (χ1) is 9.67. The van der Waals surface area contributed by atoms with Crippen molar-refractivity contribution in [3.05, 3.63) is 23.8 Å². The van der Waals surface area contributed by atoms with Crippen LogP contribution in [0.3, 0.4) is 0 Å². The number of Topliss-reactive ketones (excluding diaryl/α,β-unsaturated/α-hetero) is 1. The lowest BCUT2D eigenvalue weighted by molar-refractivity contribution is 0.0532. The summed E-state index contributed by atoms with van der Waals surface area (Å²) in [6.07, 6.45) is 4.29. The molecule has 1 aromatic rings. The van der Waals surface area contributed by atoms with Crippen LogP contribution >= 0.6 is 0 Å². The van der Waals surface area contributed by atoms with Gasteiger partial charge < -0.3 is 14.6 Å². The van der Waals surface area contributed by atoms with Crippen molar-refractivity contribution in [2.45, 2.75) is 38.2 Å². The Morgan fingerprint density at radius 3 is 2.50 bits per heavy atom. The second-order valence-corrected chi connectivity index (χ2v) is 5.27. The minimum absolute atomic E-state index is 0.0723. The molecule has 1 atom stereocenters. The van der Waals surface area contributed by atoms with Gasteiger partial charge in [-0.1, -0.05) is 19.3 Å². The van der Waals surface area contributed by atoms with Gasteiger partial charge in [0.25, 0.3) is 0 Å². The van der Waals surface area contributed by atoms with Crippen LogP contribution in [-0.4, -0.2) is 31.2 Å². The summed E-state index contributed by atoms with van der Waals surface area (Å²) < 4.78 is 10.3. The monoisotopic (exact) mass is 278 g/mol. The Morgan fingerprint density at radius 2 is 1.90 bits per heavy atom. The summed E-state index contributed by atoms with van der Waals surface area (Å²) >= 11 is 0. The summed E-state index contributed by atoms with van der Waals surface area (Å²) in [4.78, 5) is 12.5. The van der Waals surface area contributed by atoms with Crippen molar-refractivity contribution in [2.75, 3.05) is 14.2 Å². The molecule has 0 radical (unpaired) electrons. The molecule has 1 fully saturated rings. The van der Waals surface area contributed by atoms with Gasteiger partial charge in [0.2, 0.25) is 0 Å². The van der Waals surface area contributed by atoms with E-state index in [0.29, 0.717) is 17.1 Å². The van der Waals surface area contributed by atoms with E-state index in [1.54, 1.807) is 25.3 Å². The van der Waals surface area contributed by atoms with E-state index in [0.717, 1.165) is 25.7 Å². The molecule has 1 aromatic carbocycles. The second kappa shape index (κ2) is 6.75. The number of carbonyl (C=O) groups is 1. The topological polar surface area (TPSA) is 55.8 Å².